The number of hydrogen-bond acceptors (Lipinski definition) is 4. The van der Waals surface area contributed by atoms with Crippen molar-refractivity contribution in [3.63, 3.8) is 0 Å². The molecule has 4 rings (SSSR count). The first kappa shape index (κ1) is 18.8. The summed E-state index contributed by atoms with van der Waals surface area (Å²) < 4.78 is 5.87. The van der Waals surface area contributed by atoms with Gasteiger partial charge in [0.1, 0.15) is 5.76 Å². The molecule has 2 aromatic carbocycles. The summed E-state index contributed by atoms with van der Waals surface area (Å²) in [5, 5.41) is 0. The minimum absolute atomic E-state index is 0.194. The van der Waals surface area contributed by atoms with Crippen LogP contribution < -0.4 is 0 Å². The van der Waals surface area contributed by atoms with Crippen LogP contribution in [0.1, 0.15) is 28.1 Å². The summed E-state index contributed by atoms with van der Waals surface area (Å²) in [4.78, 5) is 19.2. The maximum Gasteiger partial charge on any atom is 0.232 e. The fourth-order valence-corrected chi connectivity index (χ4v) is 4.45. The molecule has 0 fully saturated rings. The van der Waals surface area contributed by atoms with Gasteiger partial charge in [0.2, 0.25) is 11.8 Å². The SMILES string of the molecule is Cc1ccccc1-c1nc(CSCC(=O)N2CCc3ccccc3C2)c(C)o1. The first-order chi connectivity index (χ1) is 13.6. The van der Waals surface area contributed by atoms with Gasteiger partial charge in [-0.15, -0.1) is 11.8 Å². The molecule has 144 valence electrons. The van der Waals surface area contributed by atoms with Crippen molar-refractivity contribution in [1.82, 2.24) is 9.88 Å². The van der Waals surface area contributed by atoms with Crippen molar-refractivity contribution in [3.8, 4) is 11.5 Å². The van der Waals surface area contributed by atoms with Gasteiger partial charge in [-0.1, -0.05) is 42.5 Å². The molecular weight excluding hydrogens is 368 g/mol. The molecule has 28 heavy (non-hydrogen) atoms. The Hall–Kier alpha value is -2.53. The normalized spacial score (nSPS) is 13.4. The molecule has 5 heteroatoms. The van der Waals surface area contributed by atoms with Gasteiger partial charge in [0.15, 0.2) is 0 Å². The third-order valence-corrected chi connectivity index (χ3v) is 6.14. The minimum Gasteiger partial charge on any atom is -0.441 e. The number of hydrogen-bond donors (Lipinski definition) is 0. The third-order valence-electron chi connectivity index (χ3n) is 5.22. The van der Waals surface area contributed by atoms with Gasteiger partial charge in [-0.3, -0.25) is 4.79 Å². The van der Waals surface area contributed by atoms with E-state index in [2.05, 4.69) is 36.2 Å². The zero-order valence-corrected chi connectivity index (χ0v) is 17.1. The molecule has 1 aliphatic heterocycles. The molecule has 0 N–H and O–H groups in total. The van der Waals surface area contributed by atoms with Crippen LogP contribution >= 0.6 is 11.8 Å². The maximum atomic E-state index is 12.6. The average molecular weight is 393 g/mol. The molecule has 0 radical (unpaired) electrons. The molecule has 0 atom stereocenters. The molecule has 3 aromatic rings. The Morgan fingerprint density at radius 2 is 1.86 bits per heavy atom. The third kappa shape index (κ3) is 3.99. The summed E-state index contributed by atoms with van der Waals surface area (Å²) in [5.41, 5.74) is 5.71. The van der Waals surface area contributed by atoms with E-state index in [1.54, 1.807) is 11.8 Å². The molecule has 4 nitrogen and oxygen atoms in total. The first-order valence-electron chi connectivity index (χ1n) is 9.56. The van der Waals surface area contributed by atoms with Crippen molar-refractivity contribution in [2.75, 3.05) is 12.3 Å². The van der Waals surface area contributed by atoms with E-state index < -0.39 is 0 Å². The van der Waals surface area contributed by atoms with E-state index in [1.165, 1.54) is 11.1 Å². The van der Waals surface area contributed by atoms with Crippen LogP contribution in [0.15, 0.2) is 52.9 Å². The Labute approximate surface area is 170 Å². The molecule has 2 heterocycles. The zero-order chi connectivity index (χ0) is 19.5. The summed E-state index contributed by atoms with van der Waals surface area (Å²) >= 11 is 1.60. The number of carbonyl (C=O) groups is 1. The summed E-state index contributed by atoms with van der Waals surface area (Å²) in [6.45, 7) is 5.51. The molecule has 1 aromatic heterocycles. The van der Waals surface area contributed by atoms with Gasteiger partial charge in [0.25, 0.3) is 0 Å². The molecule has 0 bridgehead atoms. The van der Waals surface area contributed by atoms with Crippen LogP contribution in [-0.2, 0) is 23.5 Å². The summed E-state index contributed by atoms with van der Waals surface area (Å²) in [6, 6.07) is 16.5. The van der Waals surface area contributed by atoms with Crippen LogP contribution in [0, 0.1) is 13.8 Å². The molecule has 0 aliphatic carbocycles. The van der Waals surface area contributed by atoms with E-state index >= 15 is 0 Å². The van der Waals surface area contributed by atoms with Crippen molar-refractivity contribution >= 4 is 17.7 Å². The number of oxazole rings is 1. The van der Waals surface area contributed by atoms with Gasteiger partial charge in [0, 0.05) is 24.4 Å². The summed E-state index contributed by atoms with van der Waals surface area (Å²) in [5.74, 6) is 2.82. The Morgan fingerprint density at radius 3 is 2.68 bits per heavy atom. The smallest absolute Gasteiger partial charge is 0.232 e. The van der Waals surface area contributed by atoms with Gasteiger partial charge < -0.3 is 9.32 Å². The molecule has 0 spiro atoms. The van der Waals surface area contributed by atoms with E-state index in [0.717, 1.165) is 42.1 Å². The molecule has 0 unspecified atom stereocenters. The van der Waals surface area contributed by atoms with E-state index in [1.807, 2.05) is 36.1 Å². The van der Waals surface area contributed by atoms with E-state index in [9.17, 15) is 4.79 Å². The van der Waals surface area contributed by atoms with Crippen molar-refractivity contribution in [1.29, 1.82) is 0 Å². The van der Waals surface area contributed by atoms with Crippen molar-refractivity contribution in [2.45, 2.75) is 32.6 Å². The Balaban J connectivity index is 1.34. The van der Waals surface area contributed by atoms with Crippen molar-refractivity contribution in [2.24, 2.45) is 0 Å². The monoisotopic (exact) mass is 392 g/mol. The van der Waals surface area contributed by atoms with Gasteiger partial charge >= 0.3 is 0 Å². The fourth-order valence-electron chi connectivity index (χ4n) is 3.52. The van der Waals surface area contributed by atoms with Crippen LogP contribution in [0.2, 0.25) is 0 Å². The molecule has 1 aliphatic rings. The molecular formula is C23H24N2O2S. The summed E-state index contributed by atoms with van der Waals surface area (Å²) in [7, 11) is 0. The fraction of sp³-hybridized carbons (Fsp3) is 0.304. The second kappa shape index (κ2) is 8.23. The van der Waals surface area contributed by atoms with Gasteiger partial charge in [-0.2, -0.15) is 0 Å². The average Bonchev–Trinajstić information content (AvgIpc) is 3.08. The Kier molecular flexibility index (Phi) is 5.53. The second-order valence-electron chi connectivity index (χ2n) is 7.16. The Morgan fingerprint density at radius 1 is 1.11 bits per heavy atom. The number of aryl methyl sites for hydroxylation is 2. The van der Waals surface area contributed by atoms with Gasteiger partial charge in [0.05, 0.1) is 11.4 Å². The lowest BCUT2D eigenvalue weighted by Crippen LogP contribution is -2.37. The number of benzene rings is 2. The van der Waals surface area contributed by atoms with E-state index in [0.29, 0.717) is 17.4 Å². The van der Waals surface area contributed by atoms with Gasteiger partial charge in [-0.25, -0.2) is 4.98 Å². The number of nitrogens with zero attached hydrogens (tertiary/aromatic N) is 2. The Bertz CT molecular complexity index is 996. The lowest BCUT2D eigenvalue weighted by molar-refractivity contribution is -0.129. The van der Waals surface area contributed by atoms with Crippen LogP contribution in [-0.4, -0.2) is 28.1 Å². The van der Waals surface area contributed by atoms with Crippen LogP contribution in [0.25, 0.3) is 11.5 Å². The molecule has 0 saturated heterocycles. The number of amides is 1. The van der Waals surface area contributed by atoms with Crippen molar-refractivity contribution < 1.29 is 9.21 Å². The highest BCUT2D eigenvalue weighted by molar-refractivity contribution is 7.99. The number of fused-ring (bicyclic) bond motifs is 1. The number of rotatable bonds is 5. The lowest BCUT2D eigenvalue weighted by Gasteiger charge is -2.28. The van der Waals surface area contributed by atoms with E-state index in [4.69, 9.17) is 4.42 Å². The molecule has 0 saturated carbocycles. The topological polar surface area (TPSA) is 46.3 Å². The van der Waals surface area contributed by atoms with Crippen LogP contribution in [0.3, 0.4) is 0 Å². The maximum absolute atomic E-state index is 12.6. The number of thioether (sulfide) groups is 1. The summed E-state index contributed by atoms with van der Waals surface area (Å²) in [6.07, 6.45) is 0.939. The standard InChI is InChI=1S/C23H24N2O2S/c1-16-7-3-6-10-20(16)23-24-21(17(2)27-23)14-28-15-22(26)25-12-11-18-8-4-5-9-19(18)13-25/h3-10H,11-15H2,1-2H3. The van der Waals surface area contributed by atoms with Crippen LogP contribution in [0.5, 0.6) is 0 Å². The second-order valence-corrected chi connectivity index (χ2v) is 8.15. The first-order valence-corrected chi connectivity index (χ1v) is 10.7. The van der Waals surface area contributed by atoms with Crippen molar-refractivity contribution in [3.05, 3.63) is 76.7 Å². The van der Waals surface area contributed by atoms with Gasteiger partial charge in [-0.05, 0) is 43.0 Å². The molecule has 1 amide bonds. The highest BCUT2D eigenvalue weighted by atomic mass is 32.2. The predicted octanol–water partition coefficient (Wildman–Crippen LogP) is 4.78. The highest BCUT2D eigenvalue weighted by Gasteiger charge is 2.20. The lowest BCUT2D eigenvalue weighted by atomic mass is 10.00. The number of carbonyl (C=O) groups excluding carboxylic acids is 1. The number of aromatic nitrogens is 1. The minimum atomic E-state index is 0.194. The largest absolute Gasteiger partial charge is 0.441 e. The zero-order valence-electron chi connectivity index (χ0n) is 16.3. The highest BCUT2D eigenvalue weighted by Crippen LogP contribution is 2.27. The van der Waals surface area contributed by atoms with Crippen LogP contribution in [0.4, 0.5) is 0 Å². The van der Waals surface area contributed by atoms with E-state index in [-0.39, 0.29) is 5.91 Å². The predicted molar refractivity (Wildman–Crippen MR) is 113 cm³/mol. The quantitative estimate of drug-likeness (QED) is 0.627.